The molecule has 1 saturated heterocycles. The van der Waals surface area contributed by atoms with Crippen molar-refractivity contribution in [1.82, 2.24) is 9.88 Å². The number of carbonyl (C=O) groups is 2. The van der Waals surface area contributed by atoms with E-state index < -0.39 is 0 Å². The Morgan fingerprint density at radius 1 is 1.30 bits per heavy atom. The molecule has 1 unspecified atom stereocenters. The van der Waals surface area contributed by atoms with Gasteiger partial charge >= 0.3 is 0 Å². The number of hydrogen-bond donors (Lipinski definition) is 2. The number of pyridine rings is 1. The van der Waals surface area contributed by atoms with Crippen molar-refractivity contribution in [3.8, 4) is 0 Å². The molecular formula is C20H22IN3O3. The monoisotopic (exact) mass is 479 g/mol. The van der Waals surface area contributed by atoms with E-state index in [1.165, 1.54) is 6.20 Å². The third kappa shape index (κ3) is 4.84. The number of nitrogens with zero attached hydrogens (tertiary/aromatic N) is 2. The standard InChI is InChI=1S/C20H22IN3O3/c21-15-6-7-18(23-19(26)14-4-3-9-22-13-14)17(12-15)20(27)24-10-2-1-5-16(24)8-11-25/h3-4,6-7,9,12-13,16,25H,1-2,5,8,10-11H2,(H,23,26). The van der Waals surface area contributed by atoms with Crippen molar-refractivity contribution in [2.24, 2.45) is 0 Å². The molecule has 3 rings (SSSR count). The molecule has 1 aromatic carbocycles. The van der Waals surface area contributed by atoms with Crippen LogP contribution in [-0.2, 0) is 0 Å². The van der Waals surface area contributed by atoms with E-state index in [-0.39, 0.29) is 24.5 Å². The van der Waals surface area contributed by atoms with Gasteiger partial charge in [0.1, 0.15) is 0 Å². The van der Waals surface area contributed by atoms with Crippen molar-refractivity contribution in [1.29, 1.82) is 0 Å². The lowest BCUT2D eigenvalue weighted by Crippen LogP contribution is -2.44. The van der Waals surface area contributed by atoms with Gasteiger partial charge in [-0.3, -0.25) is 14.6 Å². The second-order valence-corrected chi connectivity index (χ2v) is 7.79. The van der Waals surface area contributed by atoms with Crippen molar-refractivity contribution in [2.45, 2.75) is 31.7 Å². The lowest BCUT2D eigenvalue weighted by atomic mass is 9.98. The molecule has 2 N–H and O–H groups in total. The highest BCUT2D eigenvalue weighted by Crippen LogP contribution is 2.26. The molecule has 1 aliphatic rings. The first-order valence-electron chi connectivity index (χ1n) is 9.03. The van der Waals surface area contributed by atoms with E-state index in [0.717, 1.165) is 22.8 Å². The Labute approximate surface area is 172 Å². The van der Waals surface area contributed by atoms with E-state index >= 15 is 0 Å². The maximum atomic E-state index is 13.3. The summed E-state index contributed by atoms with van der Waals surface area (Å²) < 4.78 is 0.922. The molecule has 2 heterocycles. The van der Waals surface area contributed by atoms with Gasteiger partial charge in [0, 0.05) is 35.2 Å². The Bertz CT molecular complexity index is 811. The number of aliphatic hydroxyl groups excluding tert-OH is 1. The summed E-state index contributed by atoms with van der Waals surface area (Å²) in [5.74, 6) is -0.405. The van der Waals surface area contributed by atoms with Crippen LogP contribution in [0.1, 0.15) is 46.4 Å². The molecule has 27 heavy (non-hydrogen) atoms. The highest BCUT2D eigenvalue weighted by atomic mass is 127. The Hall–Kier alpha value is -2.00. The zero-order chi connectivity index (χ0) is 19.2. The third-order valence-electron chi connectivity index (χ3n) is 4.73. The summed E-state index contributed by atoms with van der Waals surface area (Å²) in [5.41, 5.74) is 1.40. The number of piperidine rings is 1. The zero-order valence-corrected chi connectivity index (χ0v) is 17.1. The molecule has 2 amide bonds. The van der Waals surface area contributed by atoms with Crippen LogP contribution in [0.2, 0.25) is 0 Å². The van der Waals surface area contributed by atoms with Crippen LogP contribution in [0.25, 0.3) is 0 Å². The summed E-state index contributed by atoms with van der Waals surface area (Å²) in [6, 6.07) is 8.83. The summed E-state index contributed by atoms with van der Waals surface area (Å²) in [4.78, 5) is 31.6. The van der Waals surface area contributed by atoms with Crippen molar-refractivity contribution < 1.29 is 14.7 Å². The number of likely N-dealkylation sites (tertiary alicyclic amines) is 1. The Morgan fingerprint density at radius 3 is 2.89 bits per heavy atom. The van der Waals surface area contributed by atoms with E-state index in [0.29, 0.717) is 29.8 Å². The lowest BCUT2D eigenvalue weighted by Gasteiger charge is -2.36. The van der Waals surface area contributed by atoms with Gasteiger partial charge in [-0.2, -0.15) is 0 Å². The molecule has 1 aliphatic heterocycles. The lowest BCUT2D eigenvalue weighted by molar-refractivity contribution is 0.0575. The van der Waals surface area contributed by atoms with Gasteiger partial charge in [-0.05, 0) is 78.6 Å². The largest absolute Gasteiger partial charge is 0.396 e. The molecule has 0 saturated carbocycles. The number of carbonyl (C=O) groups excluding carboxylic acids is 2. The second-order valence-electron chi connectivity index (χ2n) is 6.55. The third-order valence-corrected chi connectivity index (χ3v) is 5.41. The molecule has 0 aliphatic carbocycles. The van der Waals surface area contributed by atoms with E-state index in [1.807, 2.05) is 11.0 Å². The van der Waals surface area contributed by atoms with Gasteiger partial charge in [0.15, 0.2) is 0 Å². The van der Waals surface area contributed by atoms with Crippen LogP contribution >= 0.6 is 22.6 Å². The van der Waals surface area contributed by atoms with Crippen LogP contribution in [-0.4, -0.2) is 46.0 Å². The summed E-state index contributed by atoms with van der Waals surface area (Å²) in [5, 5.41) is 12.2. The fraction of sp³-hybridized carbons (Fsp3) is 0.350. The second kappa shape index (κ2) is 9.27. The molecule has 6 nitrogen and oxygen atoms in total. The van der Waals surface area contributed by atoms with Crippen molar-refractivity contribution >= 4 is 40.1 Å². The van der Waals surface area contributed by atoms with Crippen LogP contribution in [0.4, 0.5) is 5.69 Å². The minimum Gasteiger partial charge on any atom is -0.396 e. The fourth-order valence-corrected chi connectivity index (χ4v) is 3.86. The number of anilines is 1. The topological polar surface area (TPSA) is 82.5 Å². The normalized spacial score (nSPS) is 16.8. The van der Waals surface area contributed by atoms with E-state index in [2.05, 4.69) is 32.9 Å². The van der Waals surface area contributed by atoms with Gasteiger partial charge in [0.2, 0.25) is 0 Å². The molecule has 7 heteroatoms. The number of halogens is 1. The molecule has 1 fully saturated rings. The average Bonchev–Trinajstić information content (AvgIpc) is 2.70. The number of aromatic nitrogens is 1. The Balaban J connectivity index is 1.87. The van der Waals surface area contributed by atoms with Crippen LogP contribution in [0.15, 0.2) is 42.7 Å². The Kier molecular flexibility index (Phi) is 6.78. The molecular weight excluding hydrogens is 457 g/mol. The van der Waals surface area contributed by atoms with E-state index in [9.17, 15) is 14.7 Å². The number of benzene rings is 1. The molecule has 0 spiro atoms. The highest BCUT2D eigenvalue weighted by molar-refractivity contribution is 14.1. The number of rotatable bonds is 5. The quantitative estimate of drug-likeness (QED) is 0.645. The van der Waals surface area contributed by atoms with Crippen LogP contribution in [0.5, 0.6) is 0 Å². The van der Waals surface area contributed by atoms with Crippen molar-refractivity contribution in [2.75, 3.05) is 18.5 Å². The van der Waals surface area contributed by atoms with Crippen molar-refractivity contribution in [3.63, 3.8) is 0 Å². The van der Waals surface area contributed by atoms with Gasteiger partial charge in [0.25, 0.3) is 11.8 Å². The summed E-state index contributed by atoms with van der Waals surface area (Å²) >= 11 is 2.16. The van der Waals surface area contributed by atoms with Crippen LogP contribution in [0, 0.1) is 3.57 Å². The number of nitrogens with one attached hydrogen (secondary N) is 1. The predicted molar refractivity (Wildman–Crippen MR) is 112 cm³/mol. The maximum absolute atomic E-state index is 13.3. The minimum absolute atomic E-state index is 0.0380. The molecule has 0 bridgehead atoms. The van der Waals surface area contributed by atoms with Gasteiger partial charge in [0.05, 0.1) is 16.8 Å². The average molecular weight is 479 g/mol. The summed E-state index contributed by atoms with van der Waals surface area (Å²) in [6.07, 6.45) is 6.58. The molecule has 1 atom stereocenters. The maximum Gasteiger partial charge on any atom is 0.257 e. The predicted octanol–water partition coefficient (Wildman–Crippen LogP) is 3.32. The smallest absolute Gasteiger partial charge is 0.257 e. The van der Waals surface area contributed by atoms with Gasteiger partial charge < -0.3 is 15.3 Å². The minimum atomic E-state index is -0.302. The van der Waals surface area contributed by atoms with Crippen molar-refractivity contribution in [3.05, 3.63) is 57.4 Å². The number of amides is 2. The Morgan fingerprint density at radius 2 is 2.15 bits per heavy atom. The van der Waals surface area contributed by atoms with Gasteiger partial charge in [-0.25, -0.2) is 0 Å². The molecule has 0 radical (unpaired) electrons. The number of aliphatic hydroxyl groups is 1. The number of hydrogen-bond acceptors (Lipinski definition) is 4. The van der Waals surface area contributed by atoms with E-state index in [1.54, 1.807) is 30.5 Å². The summed E-state index contributed by atoms with van der Waals surface area (Å²) in [7, 11) is 0. The zero-order valence-electron chi connectivity index (χ0n) is 14.9. The first-order chi connectivity index (χ1) is 13.1. The van der Waals surface area contributed by atoms with Crippen LogP contribution < -0.4 is 5.32 Å². The van der Waals surface area contributed by atoms with Crippen LogP contribution in [0.3, 0.4) is 0 Å². The highest BCUT2D eigenvalue weighted by Gasteiger charge is 2.28. The fourth-order valence-electron chi connectivity index (χ4n) is 3.37. The first-order valence-corrected chi connectivity index (χ1v) is 10.1. The van der Waals surface area contributed by atoms with Gasteiger partial charge in [-0.1, -0.05) is 0 Å². The SMILES string of the molecule is O=C(Nc1ccc(I)cc1C(=O)N1CCCCC1CCO)c1cccnc1. The first kappa shape index (κ1) is 19.8. The van der Waals surface area contributed by atoms with E-state index in [4.69, 9.17) is 0 Å². The van der Waals surface area contributed by atoms with Gasteiger partial charge in [-0.15, -0.1) is 0 Å². The molecule has 142 valence electrons. The molecule has 2 aromatic rings. The summed E-state index contributed by atoms with van der Waals surface area (Å²) in [6.45, 7) is 0.732. The molecule has 1 aromatic heterocycles.